The van der Waals surface area contributed by atoms with Gasteiger partial charge in [-0.05, 0) is 36.6 Å². The minimum atomic E-state index is 0.303. The van der Waals surface area contributed by atoms with Gasteiger partial charge in [-0.3, -0.25) is 0 Å². The van der Waals surface area contributed by atoms with E-state index in [4.69, 9.17) is 10.6 Å². The van der Waals surface area contributed by atoms with Gasteiger partial charge in [-0.2, -0.15) is 0 Å². The van der Waals surface area contributed by atoms with Crippen LogP contribution in [0.1, 0.15) is 36.8 Å². The van der Waals surface area contributed by atoms with Gasteiger partial charge >= 0.3 is 0 Å². The second kappa shape index (κ2) is 6.87. The van der Waals surface area contributed by atoms with Gasteiger partial charge in [0.2, 0.25) is 0 Å². The maximum absolute atomic E-state index is 5.88. The predicted molar refractivity (Wildman–Crippen MR) is 87.1 cm³/mol. The molecular weight excluding hydrogens is 332 g/mol. The Bertz CT molecular complexity index is 631. The van der Waals surface area contributed by atoms with Gasteiger partial charge in [0.25, 0.3) is 0 Å². The third kappa shape index (κ3) is 4.15. The summed E-state index contributed by atoms with van der Waals surface area (Å²) in [5, 5.41) is 0. The summed E-state index contributed by atoms with van der Waals surface area (Å²) in [7, 11) is 0. The largest absolute Gasteiger partial charge is 0.485 e. The van der Waals surface area contributed by atoms with Crippen LogP contribution in [0.4, 0.5) is 5.82 Å². The molecule has 1 heterocycles. The number of aryl methyl sites for hydroxylation is 1. The van der Waals surface area contributed by atoms with Crippen molar-refractivity contribution in [2.75, 3.05) is 5.43 Å². The van der Waals surface area contributed by atoms with Crippen LogP contribution in [0.5, 0.6) is 5.75 Å². The van der Waals surface area contributed by atoms with Crippen LogP contribution in [0.15, 0.2) is 28.7 Å². The second-order valence-corrected chi connectivity index (χ2v) is 6.00. The average molecular weight is 351 g/mol. The maximum atomic E-state index is 5.88. The highest BCUT2D eigenvalue weighted by Crippen LogP contribution is 2.30. The Kier molecular flexibility index (Phi) is 5.14. The van der Waals surface area contributed by atoms with Crippen LogP contribution >= 0.6 is 15.9 Å². The molecule has 112 valence electrons. The molecule has 0 aliphatic rings. The number of nitrogens with one attached hydrogen (secondary N) is 1. The van der Waals surface area contributed by atoms with Crippen molar-refractivity contribution in [1.82, 2.24) is 9.97 Å². The first-order chi connectivity index (χ1) is 9.99. The number of nitrogens with two attached hydrogens (primary N) is 1. The number of rotatable bonds is 5. The van der Waals surface area contributed by atoms with E-state index in [0.29, 0.717) is 24.2 Å². The molecule has 0 bridgehead atoms. The first-order valence-electron chi connectivity index (χ1n) is 6.73. The SMILES string of the molecule is Cc1cc(NN)nc(COc2ccc(Br)cc2C(C)C)n1. The fraction of sp³-hybridized carbons (Fsp3) is 0.333. The molecule has 5 nitrogen and oxygen atoms in total. The molecule has 0 saturated heterocycles. The molecule has 0 radical (unpaired) electrons. The molecule has 0 aliphatic carbocycles. The molecule has 0 atom stereocenters. The van der Waals surface area contributed by atoms with E-state index < -0.39 is 0 Å². The second-order valence-electron chi connectivity index (χ2n) is 5.08. The van der Waals surface area contributed by atoms with Crippen molar-refractivity contribution in [1.29, 1.82) is 0 Å². The molecule has 1 aromatic heterocycles. The number of nitrogens with zero attached hydrogens (tertiary/aromatic N) is 2. The van der Waals surface area contributed by atoms with E-state index in [1.165, 1.54) is 0 Å². The molecule has 3 N–H and O–H groups in total. The van der Waals surface area contributed by atoms with Crippen LogP contribution in [-0.2, 0) is 6.61 Å². The maximum Gasteiger partial charge on any atom is 0.168 e. The predicted octanol–water partition coefficient (Wildman–Crippen LogP) is 3.54. The van der Waals surface area contributed by atoms with Crippen molar-refractivity contribution in [2.24, 2.45) is 5.84 Å². The molecule has 0 amide bonds. The van der Waals surface area contributed by atoms with Crippen LogP contribution in [0.25, 0.3) is 0 Å². The van der Waals surface area contributed by atoms with E-state index >= 15 is 0 Å². The van der Waals surface area contributed by atoms with Gasteiger partial charge in [-0.15, -0.1) is 0 Å². The third-order valence-electron chi connectivity index (χ3n) is 3.00. The standard InChI is InChI=1S/C15H19BrN4O/c1-9(2)12-7-11(16)4-5-13(12)21-8-15-18-10(3)6-14(19-15)20-17/h4-7,9H,8,17H2,1-3H3,(H,18,19,20). The number of nitrogen functional groups attached to an aromatic ring is 1. The number of anilines is 1. The van der Waals surface area contributed by atoms with Gasteiger partial charge in [0.1, 0.15) is 18.2 Å². The van der Waals surface area contributed by atoms with E-state index in [1.54, 1.807) is 6.07 Å². The lowest BCUT2D eigenvalue weighted by Gasteiger charge is -2.14. The molecule has 0 unspecified atom stereocenters. The summed E-state index contributed by atoms with van der Waals surface area (Å²) in [6.45, 7) is 6.46. The Labute approximate surface area is 133 Å². The van der Waals surface area contributed by atoms with Crippen LogP contribution in [0, 0.1) is 6.92 Å². The van der Waals surface area contributed by atoms with E-state index in [0.717, 1.165) is 21.5 Å². The van der Waals surface area contributed by atoms with Crippen molar-refractivity contribution in [3.05, 3.63) is 45.8 Å². The molecular formula is C15H19BrN4O. The van der Waals surface area contributed by atoms with E-state index in [9.17, 15) is 0 Å². The van der Waals surface area contributed by atoms with Crippen LogP contribution < -0.4 is 16.0 Å². The highest BCUT2D eigenvalue weighted by Gasteiger charge is 2.10. The molecule has 0 aliphatic heterocycles. The highest BCUT2D eigenvalue weighted by atomic mass is 79.9. The Morgan fingerprint density at radius 1 is 1.29 bits per heavy atom. The van der Waals surface area contributed by atoms with Crippen molar-refractivity contribution < 1.29 is 4.74 Å². The lowest BCUT2D eigenvalue weighted by molar-refractivity contribution is 0.291. The van der Waals surface area contributed by atoms with Crippen LogP contribution in [0.2, 0.25) is 0 Å². The lowest BCUT2D eigenvalue weighted by atomic mass is 10.0. The Morgan fingerprint density at radius 2 is 2.05 bits per heavy atom. The van der Waals surface area contributed by atoms with Gasteiger partial charge in [-0.25, -0.2) is 15.8 Å². The van der Waals surface area contributed by atoms with Gasteiger partial charge in [-0.1, -0.05) is 29.8 Å². The first-order valence-corrected chi connectivity index (χ1v) is 7.52. The number of halogens is 1. The van der Waals surface area contributed by atoms with Crippen LogP contribution in [-0.4, -0.2) is 9.97 Å². The minimum absolute atomic E-state index is 0.303. The van der Waals surface area contributed by atoms with Crippen molar-refractivity contribution >= 4 is 21.7 Å². The summed E-state index contributed by atoms with van der Waals surface area (Å²) >= 11 is 3.49. The first kappa shape index (κ1) is 15.7. The van der Waals surface area contributed by atoms with E-state index in [-0.39, 0.29) is 0 Å². The van der Waals surface area contributed by atoms with Crippen molar-refractivity contribution in [2.45, 2.75) is 33.3 Å². The van der Waals surface area contributed by atoms with Crippen molar-refractivity contribution in [3.63, 3.8) is 0 Å². The molecule has 2 rings (SSSR count). The summed E-state index contributed by atoms with van der Waals surface area (Å²) in [5.41, 5.74) is 4.52. The zero-order chi connectivity index (χ0) is 15.4. The third-order valence-corrected chi connectivity index (χ3v) is 3.49. The topological polar surface area (TPSA) is 73.1 Å². The normalized spacial score (nSPS) is 10.8. The molecule has 2 aromatic rings. The summed E-state index contributed by atoms with van der Waals surface area (Å²) in [5.74, 6) is 7.79. The van der Waals surface area contributed by atoms with Gasteiger partial charge in [0, 0.05) is 16.2 Å². The summed E-state index contributed by atoms with van der Waals surface area (Å²) in [4.78, 5) is 8.63. The number of benzene rings is 1. The van der Waals surface area contributed by atoms with E-state index in [2.05, 4.69) is 51.2 Å². The van der Waals surface area contributed by atoms with Gasteiger partial charge in [0.05, 0.1) is 0 Å². The molecule has 21 heavy (non-hydrogen) atoms. The smallest absolute Gasteiger partial charge is 0.168 e. The molecule has 0 saturated carbocycles. The minimum Gasteiger partial charge on any atom is -0.485 e. The van der Waals surface area contributed by atoms with Gasteiger partial charge < -0.3 is 10.2 Å². The monoisotopic (exact) mass is 350 g/mol. The summed E-state index contributed by atoms with van der Waals surface area (Å²) in [6, 6.07) is 7.77. The number of aromatic nitrogens is 2. The Morgan fingerprint density at radius 3 is 2.71 bits per heavy atom. The van der Waals surface area contributed by atoms with Crippen LogP contribution in [0.3, 0.4) is 0 Å². The van der Waals surface area contributed by atoms with Crippen molar-refractivity contribution in [3.8, 4) is 5.75 Å². The van der Waals surface area contributed by atoms with E-state index in [1.807, 2.05) is 19.1 Å². The fourth-order valence-electron chi connectivity index (χ4n) is 2.01. The molecule has 1 aromatic carbocycles. The molecule has 0 fully saturated rings. The quantitative estimate of drug-likeness (QED) is 0.637. The zero-order valence-electron chi connectivity index (χ0n) is 12.4. The number of ether oxygens (including phenoxy) is 1. The summed E-state index contributed by atoms with van der Waals surface area (Å²) in [6.07, 6.45) is 0. The molecule has 6 heteroatoms. The fourth-order valence-corrected chi connectivity index (χ4v) is 2.39. The zero-order valence-corrected chi connectivity index (χ0v) is 13.9. The molecule has 0 spiro atoms. The average Bonchev–Trinajstić information content (AvgIpc) is 2.45. The number of hydrazine groups is 1. The number of hydrogen-bond donors (Lipinski definition) is 2. The Hall–Kier alpha value is -1.66. The number of hydrogen-bond acceptors (Lipinski definition) is 5. The highest BCUT2D eigenvalue weighted by molar-refractivity contribution is 9.10. The Balaban J connectivity index is 2.18. The lowest BCUT2D eigenvalue weighted by Crippen LogP contribution is -2.12. The summed E-state index contributed by atoms with van der Waals surface area (Å²) < 4.78 is 6.92. The van der Waals surface area contributed by atoms with Gasteiger partial charge in [0.15, 0.2) is 5.82 Å².